The Kier molecular flexibility index (Phi) is 2.04. The predicted octanol–water partition coefficient (Wildman–Crippen LogP) is 2.12. The summed E-state index contributed by atoms with van der Waals surface area (Å²) in [5, 5.41) is 4.11. The van der Waals surface area contributed by atoms with Crippen molar-refractivity contribution < 1.29 is 4.39 Å². The highest BCUT2D eigenvalue weighted by Gasteiger charge is 2.11. The Labute approximate surface area is 96.5 Å². The van der Waals surface area contributed by atoms with Crippen molar-refractivity contribution in [1.29, 1.82) is 0 Å². The Balaban J connectivity index is 2.31. The van der Waals surface area contributed by atoms with Crippen LogP contribution in [0.15, 0.2) is 42.7 Å². The van der Waals surface area contributed by atoms with Gasteiger partial charge in [-0.1, -0.05) is 18.2 Å². The molecule has 0 aliphatic carbocycles. The van der Waals surface area contributed by atoms with Crippen molar-refractivity contribution in [3.63, 3.8) is 0 Å². The lowest BCUT2D eigenvalue weighted by molar-refractivity contribution is 0.631. The lowest BCUT2D eigenvalue weighted by Gasteiger charge is -2.00. The Morgan fingerprint density at radius 3 is 2.76 bits per heavy atom. The van der Waals surface area contributed by atoms with E-state index in [1.165, 1.54) is 6.07 Å². The number of fused-ring (bicyclic) bond motifs is 1. The predicted molar refractivity (Wildman–Crippen MR) is 62.8 cm³/mol. The van der Waals surface area contributed by atoms with Crippen LogP contribution in [0.4, 0.5) is 10.2 Å². The van der Waals surface area contributed by atoms with Crippen molar-refractivity contribution in [2.45, 2.75) is 0 Å². The third-order valence-corrected chi connectivity index (χ3v) is 2.55. The first-order chi connectivity index (χ1) is 8.25. The van der Waals surface area contributed by atoms with Crippen molar-refractivity contribution in [1.82, 2.24) is 14.6 Å². The first-order valence-corrected chi connectivity index (χ1v) is 5.10. The largest absolute Gasteiger partial charge is 0.384 e. The molecule has 3 rings (SSSR count). The van der Waals surface area contributed by atoms with Crippen molar-refractivity contribution in [3.05, 3.63) is 48.5 Å². The molecule has 2 N–H and O–H groups in total. The van der Waals surface area contributed by atoms with Gasteiger partial charge in [0.15, 0.2) is 5.65 Å². The second-order valence-corrected chi connectivity index (χ2v) is 3.66. The molecule has 3 aromatic rings. The van der Waals surface area contributed by atoms with Crippen LogP contribution >= 0.6 is 0 Å². The van der Waals surface area contributed by atoms with Crippen molar-refractivity contribution in [2.75, 3.05) is 5.73 Å². The lowest BCUT2D eigenvalue weighted by atomic mass is 10.1. The number of rotatable bonds is 1. The second-order valence-electron chi connectivity index (χ2n) is 3.66. The van der Waals surface area contributed by atoms with Gasteiger partial charge in [-0.15, -0.1) is 0 Å². The molecule has 0 radical (unpaired) electrons. The summed E-state index contributed by atoms with van der Waals surface area (Å²) in [6, 6.07) is 8.16. The maximum absolute atomic E-state index is 13.7. The van der Waals surface area contributed by atoms with Gasteiger partial charge in [-0.05, 0) is 12.1 Å². The molecule has 84 valence electrons. The minimum atomic E-state index is -0.299. The fourth-order valence-corrected chi connectivity index (χ4v) is 1.75. The Bertz CT molecular complexity index is 690. The molecule has 0 unspecified atom stereocenters. The van der Waals surface area contributed by atoms with Gasteiger partial charge in [0.25, 0.3) is 0 Å². The molecule has 2 aromatic heterocycles. The number of anilines is 1. The van der Waals surface area contributed by atoms with Crippen LogP contribution in [0.25, 0.3) is 16.8 Å². The smallest absolute Gasteiger partial charge is 0.165 e. The third-order valence-electron chi connectivity index (χ3n) is 2.55. The molecular formula is C12H9FN4. The molecule has 4 nitrogen and oxygen atoms in total. The standard InChI is InChI=1S/C12H9FN4/c13-10-4-2-1-3-8(10)9-7-15-17-6-5-11(14)16-12(9)17/h1-7H,(H2,14,16). The molecular weight excluding hydrogens is 219 g/mol. The summed E-state index contributed by atoms with van der Waals surface area (Å²) in [5.41, 5.74) is 7.28. The van der Waals surface area contributed by atoms with E-state index in [-0.39, 0.29) is 5.82 Å². The maximum Gasteiger partial charge on any atom is 0.165 e. The Morgan fingerprint density at radius 2 is 1.94 bits per heavy atom. The zero-order valence-electron chi connectivity index (χ0n) is 8.84. The van der Waals surface area contributed by atoms with E-state index in [1.807, 2.05) is 0 Å². The minimum absolute atomic E-state index is 0.299. The number of halogens is 1. The van der Waals surface area contributed by atoms with Crippen LogP contribution < -0.4 is 5.73 Å². The summed E-state index contributed by atoms with van der Waals surface area (Å²) in [6.45, 7) is 0. The van der Waals surface area contributed by atoms with Crippen LogP contribution in [0.1, 0.15) is 0 Å². The molecule has 1 aromatic carbocycles. The topological polar surface area (TPSA) is 56.2 Å². The number of nitrogens with zero attached hydrogens (tertiary/aromatic N) is 3. The van der Waals surface area contributed by atoms with Gasteiger partial charge >= 0.3 is 0 Å². The lowest BCUT2D eigenvalue weighted by Crippen LogP contribution is -1.95. The van der Waals surface area contributed by atoms with E-state index in [0.29, 0.717) is 22.6 Å². The Morgan fingerprint density at radius 1 is 1.12 bits per heavy atom. The first kappa shape index (κ1) is 9.77. The number of hydrogen-bond donors (Lipinski definition) is 1. The molecule has 0 spiro atoms. The van der Waals surface area contributed by atoms with Gasteiger partial charge in [0.05, 0.1) is 6.20 Å². The highest BCUT2D eigenvalue weighted by atomic mass is 19.1. The minimum Gasteiger partial charge on any atom is -0.384 e. The highest BCUT2D eigenvalue weighted by Crippen LogP contribution is 2.25. The van der Waals surface area contributed by atoms with Gasteiger partial charge in [0.2, 0.25) is 0 Å². The molecule has 0 saturated carbocycles. The molecule has 0 atom stereocenters. The van der Waals surface area contributed by atoms with Gasteiger partial charge in [-0.3, -0.25) is 0 Å². The van der Waals surface area contributed by atoms with Gasteiger partial charge < -0.3 is 5.73 Å². The molecule has 0 bridgehead atoms. The monoisotopic (exact) mass is 228 g/mol. The summed E-state index contributed by atoms with van der Waals surface area (Å²) in [5.74, 6) is 0.0854. The van der Waals surface area contributed by atoms with Crippen LogP contribution in [0.5, 0.6) is 0 Å². The zero-order chi connectivity index (χ0) is 11.8. The average Bonchev–Trinajstić information content (AvgIpc) is 2.72. The number of nitrogen functional groups attached to an aromatic ring is 1. The number of benzene rings is 1. The van der Waals surface area contributed by atoms with Gasteiger partial charge in [0, 0.05) is 17.3 Å². The number of nitrogens with two attached hydrogens (primary N) is 1. The van der Waals surface area contributed by atoms with Crippen LogP contribution in [-0.2, 0) is 0 Å². The third kappa shape index (κ3) is 1.52. The molecule has 0 amide bonds. The fourth-order valence-electron chi connectivity index (χ4n) is 1.75. The average molecular weight is 228 g/mol. The summed E-state index contributed by atoms with van der Waals surface area (Å²) in [7, 11) is 0. The fraction of sp³-hybridized carbons (Fsp3) is 0. The van der Waals surface area contributed by atoms with Crippen molar-refractivity contribution >= 4 is 11.5 Å². The van der Waals surface area contributed by atoms with E-state index in [1.54, 1.807) is 41.2 Å². The molecule has 5 heteroatoms. The first-order valence-electron chi connectivity index (χ1n) is 5.10. The van der Waals surface area contributed by atoms with E-state index < -0.39 is 0 Å². The molecule has 0 aliphatic rings. The van der Waals surface area contributed by atoms with Crippen LogP contribution in [-0.4, -0.2) is 14.6 Å². The van der Waals surface area contributed by atoms with E-state index in [4.69, 9.17) is 5.73 Å². The number of hydrogen-bond acceptors (Lipinski definition) is 3. The van der Waals surface area contributed by atoms with Gasteiger partial charge in [-0.25, -0.2) is 13.9 Å². The molecule has 0 fully saturated rings. The van der Waals surface area contributed by atoms with Crippen LogP contribution in [0, 0.1) is 5.82 Å². The van der Waals surface area contributed by atoms with E-state index >= 15 is 0 Å². The second kappa shape index (κ2) is 3.55. The highest BCUT2D eigenvalue weighted by molar-refractivity contribution is 5.77. The summed E-state index contributed by atoms with van der Waals surface area (Å²) in [4.78, 5) is 4.16. The van der Waals surface area contributed by atoms with Crippen LogP contribution in [0.3, 0.4) is 0 Å². The SMILES string of the molecule is Nc1ccn2ncc(-c3ccccc3F)c2n1. The summed E-state index contributed by atoms with van der Waals surface area (Å²) < 4.78 is 15.3. The Hall–Kier alpha value is -2.43. The molecule has 0 aliphatic heterocycles. The summed E-state index contributed by atoms with van der Waals surface area (Å²) in [6.07, 6.45) is 3.28. The van der Waals surface area contributed by atoms with Crippen LogP contribution in [0.2, 0.25) is 0 Å². The van der Waals surface area contributed by atoms with E-state index in [0.717, 1.165) is 0 Å². The van der Waals surface area contributed by atoms with Crippen molar-refractivity contribution in [3.8, 4) is 11.1 Å². The van der Waals surface area contributed by atoms with Crippen molar-refractivity contribution in [2.24, 2.45) is 0 Å². The van der Waals surface area contributed by atoms with E-state index in [2.05, 4.69) is 10.1 Å². The normalized spacial score (nSPS) is 10.9. The molecule has 17 heavy (non-hydrogen) atoms. The molecule has 2 heterocycles. The molecule has 0 saturated heterocycles. The zero-order valence-corrected chi connectivity index (χ0v) is 8.84. The summed E-state index contributed by atoms with van der Waals surface area (Å²) >= 11 is 0. The van der Waals surface area contributed by atoms with Gasteiger partial charge in [0.1, 0.15) is 11.6 Å². The number of aromatic nitrogens is 3. The maximum atomic E-state index is 13.7. The van der Waals surface area contributed by atoms with Gasteiger partial charge in [-0.2, -0.15) is 5.10 Å². The quantitative estimate of drug-likeness (QED) is 0.694. The van der Waals surface area contributed by atoms with E-state index in [9.17, 15) is 4.39 Å².